The molecule has 9 nitrogen and oxygen atoms in total. The fraction of sp³-hybridized carbons (Fsp3) is 0.120. The first-order valence-corrected chi connectivity index (χ1v) is 10.8. The number of benzene rings is 1. The Balaban J connectivity index is 1.44. The Morgan fingerprint density at radius 2 is 1.71 bits per heavy atom. The van der Waals surface area contributed by atoms with E-state index in [0.717, 1.165) is 33.7 Å². The van der Waals surface area contributed by atoms with E-state index in [1.54, 1.807) is 36.5 Å². The summed E-state index contributed by atoms with van der Waals surface area (Å²) in [5.74, 6) is 1.33. The topological polar surface area (TPSA) is 103 Å². The van der Waals surface area contributed by atoms with Gasteiger partial charge in [-0.3, -0.25) is 19.3 Å². The molecule has 166 valence electrons. The van der Waals surface area contributed by atoms with Crippen LogP contribution in [0.3, 0.4) is 0 Å². The summed E-state index contributed by atoms with van der Waals surface area (Å²) in [4.78, 5) is 30.5. The SMILES string of the molecule is Cc1nc2cnccc2n1-c1ccc(C2=Nc3c(-c4ccncc4)nn(C)c3NC(=O)C2)cc1. The molecular formula is C25H20N8O. The van der Waals surface area contributed by atoms with Gasteiger partial charge < -0.3 is 5.32 Å². The molecule has 5 heterocycles. The zero-order valence-corrected chi connectivity index (χ0v) is 18.6. The summed E-state index contributed by atoms with van der Waals surface area (Å²) in [5.41, 5.74) is 6.61. The second-order valence-electron chi connectivity index (χ2n) is 8.09. The number of imidazole rings is 1. The molecule has 0 spiro atoms. The lowest BCUT2D eigenvalue weighted by atomic mass is 10.1. The van der Waals surface area contributed by atoms with Crippen LogP contribution in [0.5, 0.6) is 0 Å². The average molecular weight is 448 g/mol. The maximum Gasteiger partial charge on any atom is 0.231 e. The number of nitrogens with one attached hydrogen (secondary N) is 1. The summed E-state index contributed by atoms with van der Waals surface area (Å²) in [6.45, 7) is 1.97. The average Bonchev–Trinajstić information content (AvgIpc) is 3.28. The predicted octanol–water partition coefficient (Wildman–Crippen LogP) is 3.99. The van der Waals surface area contributed by atoms with E-state index in [1.165, 1.54) is 0 Å². The molecule has 6 rings (SSSR count). The summed E-state index contributed by atoms with van der Waals surface area (Å²) < 4.78 is 3.74. The lowest BCUT2D eigenvalue weighted by Crippen LogP contribution is -2.17. The van der Waals surface area contributed by atoms with Crippen LogP contribution in [0.15, 0.2) is 72.2 Å². The number of hydrogen-bond donors (Lipinski definition) is 1. The van der Waals surface area contributed by atoms with Crippen LogP contribution in [0, 0.1) is 6.92 Å². The van der Waals surface area contributed by atoms with Crippen molar-refractivity contribution in [2.45, 2.75) is 13.3 Å². The number of pyridine rings is 2. The molecule has 1 amide bonds. The van der Waals surface area contributed by atoms with Gasteiger partial charge in [0, 0.05) is 36.9 Å². The standard InChI is InChI=1S/C25H20N8O/c1-15-28-20-14-27-12-9-21(20)33(15)18-5-3-16(4-6-18)19-13-22(34)30-25-24(29-19)23(31-32(25)2)17-7-10-26-11-8-17/h3-12,14H,13H2,1-2H3,(H,30,34). The minimum atomic E-state index is -0.130. The highest BCUT2D eigenvalue weighted by Gasteiger charge is 2.24. The molecule has 0 bridgehead atoms. The van der Waals surface area contributed by atoms with Crippen molar-refractivity contribution in [2.24, 2.45) is 12.0 Å². The van der Waals surface area contributed by atoms with E-state index in [-0.39, 0.29) is 12.3 Å². The van der Waals surface area contributed by atoms with Crippen LogP contribution in [-0.2, 0) is 11.8 Å². The summed E-state index contributed by atoms with van der Waals surface area (Å²) in [5, 5.41) is 7.56. The highest BCUT2D eigenvalue weighted by atomic mass is 16.1. The van der Waals surface area contributed by atoms with Gasteiger partial charge in [0.2, 0.25) is 5.91 Å². The third-order valence-electron chi connectivity index (χ3n) is 5.89. The Morgan fingerprint density at radius 1 is 0.941 bits per heavy atom. The second-order valence-corrected chi connectivity index (χ2v) is 8.09. The molecule has 1 aromatic carbocycles. The summed E-state index contributed by atoms with van der Waals surface area (Å²) in [7, 11) is 1.80. The van der Waals surface area contributed by atoms with Crippen molar-refractivity contribution in [3.05, 3.63) is 78.6 Å². The lowest BCUT2D eigenvalue weighted by molar-refractivity contribution is -0.115. The van der Waals surface area contributed by atoms with Gasteiger partial charge in [-0.15, -0.1) is 0 Å². The van der Waals surface area contributed by atoms with Crippen LogP contribution in [0.1, 0.15) is 17.8 Å². The van der Waals surface area contributed by atoms with E-state index in [0.29, 0.717) is 22.9 Å². The van der Waals surface area contributed by atoms with E-state index in [9.17, 15) is 4.79 Å². The zero-order valence-electron chi connectivity index (χ0n) is 18.6. The third-order valence-corrected chi connectivity index (χ3v) is 5.89. The van der Waals surface area contributed by atoms with Crippen molar-refractivity contribution in [1.29, 1.82) is 0 Å². The van der Waals surface area contributed by atoms with Crippen LogP contribution in [-0.4, -0.2) is 40.9 Å². The summed E-state index contributed by atoms with van der Waals surface area (Å²) >= 11 is 0. The van der Waals surface area contributed by atoms with Gasteiger partial charge in [-0.2, -0.15) is 5.10 Å². The van der Waals surface area contributed by atoms with E-state index in [1.807, 2.05) is 49.4 Å². The van der Waals surface area contributed by atoms with Crippen molar-refractivity contribution >= 4 is 34.2 Å². The monoisotopic (exact) mass is 448 g/mol. The number of aromatic nitrogens is 6. The highest BCUT2D eigenvalue weighted by molar-refractivity contribution is 6.17. The molecule has 0 unspecified atom stereocenters. The van der Waals surface area contributed by atoms with Gasteiger partial charge in [-0.25, -0.2) is 14.7 Å². The smallest absolute Gasteiger partial charge is 0.231 e. The Labute approximate surface area is 194 Å². The first-order chi connectivity index (χ1) is 16.6. The Morgan fingerprint density at radius 3 is 2.50 bits per heavy atom. The number of anilines is 1. The molecule has 0 aliphatic carbocycles. The van der Waals surface area contributed by atoms with Crippen LogP contribution >= 0.6 is 0 Å². The molecular weight excluding hydrogens is 428 g/mol. The van der Waals surface area contributed by atoms with E-state index in [2.05, 4.69) is 29.9 Å². The Kier molecular flexibility index (Phi) is 4.54. The number of amides is 1. The van der Waals surface area contributed by atoms with Crippen molar-refractivity contribution in [3.63, 3.8) is 0 Å². The van der Waals surface area contributed by atoms with Crippen molar-refractivity contribution in [3.8, 4) is 16.9 Å². The van der Waals surface area contributed by atoms with Gasteiger partial charge in [-0.1, -0.05) is 12.1 Å². The Bertz CT molecular complexity index is 1580. The highest BCUT2D eigenvalue weighted by Crippen LogP contribution is 2.38. The van der Waals surface area contributed by atoms with Crippen molar-refractivity contribution < 1.29 is 4.79 Å². The van der Waals surface area contributed by atoms with Gasteiger partial charge in [0.1, 0.15) is 22.7 Å². The number of rotatable bonds is 3. The van der Waals surface area contributed by atoms with Crippen molar-refractivity contribution in [1.82, 2.24) is 29.3 Å². The van der Waals surface area contributed by atoms with Crippen LogP contribution in [0.25, 0.3) is 28.0 Å². The number of hydrogen-bond acceptors (Lipinski definition) is 6. The van der Waals surface area contributed by atoms with Crippen LogP contribution < -0.4 is 5.32 Å². The molecule has 0 saturated heterocycles. The normalized spacial score (nSPS) is 13.4. The van der Waals surface area contributed by atoms with Gasteiger partial charge in [0.15, 0.2) is 5.82 Å². The maximum absolute atomic E-state index is 12.7. The fourth-order valence-electron chi connectivity index (χ4n) is 4.31. The number of nitrogens with zero attached hydrogens (tertiary/aromatic N) is 7. The van der Waals surface area contributed by atoms with Crippen LogP contribution in [0.4, 0.5) is 11.5 Å². The largest absolute Gasteiger partial charge is 0.309 e. The van der Waals surface area contributed by atoms with E-state index in [4.69, 9.17) is 4.99 Å². The molecule has 4 aromatic heterocycles. The molecule has 0 radical (unpaired) electrons. The molecule has 0 saturated carbocycles. The van der Waals surface area contributed by atoms with Crippen molar-refractivity contribution in [2.75, 3.05) is 5.32 Å². The summed E-state index contributed by atoms with van der Waals surface area (Å²) in [6.07, 6.45) is 7.12. The van der Waals surface area contributed by atoms with Gasteiger partial charge in [0.05, 0.1) is 23.8 Å². The number of aryl methyl sites for hydroxylation is 2. The molecule has 0 fully saturated rings. The van der Waals surface area contributed by atoms with Gasteiger partial charge in [0.25, 0.3) is 0 Å². The maximum atomic E-state index is 12.7. The zero-order chi connectivity index (χ0) is 23.2. The first-order valence-electron chi connectivity index (χ1n) is 10.8. The molecule has 1 aliphatic heterocycles. The molecule has 34 heavy (non-hydrogen) atoms. The molecule has 0 atom stereocenters. The number of aliphatic imine (C=N–C) groups is 1. The minimum absolute atomic E-state index is 0.130. The number of carbonyl (C=O) groups is 1. The molecule has 5 aromatic rings. The van der Waals surface area contributed by atoms with Gasteiger partial charge in [-0.05, 0) is 42.8 Å². The number of fused-ring (bicyclic) bond motifs is 2. The molecule has 1 aliphatic rings. The molecule has 9 heteroatoms. The van der Waals surface area contributed by atoms with E-state index >= 15 is 0 Å². The van der Waals surface area contributed by atoms with Crippen LogP contribution in [0.2, 0.25) is 0 Å². The second kappa shape index (κ2) is 7.73. The molecule has 1 N–H and O–H groups in total. The number of carbonyl (C=O) groups excluding carboxylic acids is 1. The first kappa shape index (κ1) is 20.0. The quantitative estimate of drug-likeness (QED) is 0.450. The third kappa shape index (κ3) is 3.25. The lowest BCUT2D eigenvalue weighted by Gasteiger charge is -2.09. The van der Waals surface area contributed by atoms with E-state index < -0.39 is 0 Å². The fourth-order valence-corrected chi connectivity index (χ4v) is 4.31. The minimum Gasteiger partial charge on any atom is -0.309 e. The predicted molar refractivity (Wildman–Crippen MR) is 129 cm³/mol. The summed E-state index contributed by atoms with van der Waals surface area (Å²) in [6, 6.07) is 13.7. The van der Waals surface area contributed by atoms with Gasteiger partial charge >= 0.3 is 0 Å². The Hall–Kier alpha value is -4.66.